The maximum absolute atomic E-state index is 13.2. The minimum Gasteiger partial charge on any atom is -0.343 e. The van der Waals surface area contributed by atoms with Gasteiger partial charge in [-0.3, -0.25) is 9.59 Å². The largest absolute Gasteiger partial charge is 0.343 e. The molecule has 1 aliphatic heterocycles. The molecule has 2 amide bonds. The van der Waals surface area contributed by atoms with Crippen LogP contribution in [0.2, 0.25) is 0 Å². The van der Waals surface area contributed by atoms with E-state index in [1.54, 1.807) is 6.92 Å². The second-order valence-corrected chi connectivity index (χ2v) is 8.78. The number of carbonyl (C=O) groups is 2. The monoisotopic (exact) mass is 402 g/mol. The zero-order chi connectivity index (χ0) is 19.6. The van der Waals surface area contributed by atoms with E-state index in [-0.39, 0.29) is 17.7 Å². The fraction of sp³-hybridized carbons (Fsp3) is 0.600. The van der Waals surface area contributed by atoms with Gasteiger partial charge in [0.25, 0.3) is 5.91 Å². The minimum absolute atomic E-state index is 0.00645. The highest BCUT2D eigenvalue weighted by atomic mass is 32.1. The van der Waals surface area contributed by atoms with E-state index in [1.807, 2.05) is 22.4 Å². The fourth-order valence-electron chi connectivity index (χ4n) is 4.32. The molecule has 2 aromatic rings. The van der Waals surface area contributed by atoms with Gasteiger partial charge in [0.2, 0.25) is 11.8 Å². The topological polar surface area (TPSA) is 88.3 Å². The Morgan fingerprint density at radius 3 is 2.79 bits per heavy atom. The van der Waals surface area contributed by atoms with Crippen molar-refractivity contribution in [2.24, 2.45) is 5.92 Å². The van der Waals surface area contributed by atoms with Crippen molar-refractivity contribution in [3.05, 3.63) is 34.1 Å². The Morgan fingerprint density at radius 2 is 2.11 bits per heavy atom. The molecule has 1 saturated carbocycles. The number of aromatic nitrogens is 2. The van der Waals surface area contributed by atoms with Crippen molar-refractivity contribution >= 4 is 23.2 Å². The maximum Gasteiger partial charge on any atom is 0.263 e. The lowest BCUT2D eigenvalue weighted by molar-refractivity contribution is -0.129. The molecule has 0 bridgehead atoms. The van der Waals surface area contributed by atoms with E-state index in [2.05, 4.69) is 15.5 Å². The Kier molecular flexibility index (Phi) is 5.48. The lowest BCUT2D eigenvalue weighted by Crippen LogP contribution is -2.53. The molecule has 28 heavy (non-hydrogen) atoms. The van der Waals surface area contributed by atoms with Gasteiger partial charge in [-0.05, 0) is 37.1 Å². The fourth-order valence-corrected chi connectivity index (χ4v) is 5.01. The van der Waals surface area contributed by atoms with Gasteiger partial charge in [0, 0.05) is 20.0 Å². The Hall–Kier alpha value is -2.22. The summed E-state index contributed by atoms with van der Waals surface area (Å²) < 4.78 is 5.20. The summed E-state index contributed by atoms with van der Waals surface area (Å²) in [7, 11) is 0. The van der Waals surface area contributed by atoms with E-state index in [0.717, 1.165) is 49.8 Å². The number of nitrogens with one attached hydrogen (secondary N) is 1. The summed E-state index contributed by atoms with van der Waals surface area (Å²) in [6.07, 6.45) is 6.49. The summed E-state index contributed by atoms with van der Waals surface area (Å²) in [5.41, 5.74) is -0.548. The zero-order valence-corrected chi connectivity index (χ0v) is 17.0. The number of piperidine rings is 1. The van der Waals surface area contributed by atoms with Crippen molar-refractivity contribution in [2.45, 2.75) is 57.4 Å². The van der Waals surface area contributed by atoms with E-state index in [4.69, 9.17) is 4.52 Å². The second-order valence-electron chi connectivity index (χ2n) is 7.84. The molecule has 7 nitrogen and oxygen atoms in total. The van der Waals surface area contributed by atoms with Crippen molar-refractivity contribution in [3.63, 3.8) is 0 Å². The number of thiophene rings is 1. The van der Waals surface area contributed by atoms with Gasteiger partial charge >= 0.3 is 0 Å². The number of hydrogen-bond acceptors (Lipinski definition) is 6. The van der Waals surface area contributed by atoms with Crippen LogP contribution in [0.3, 0.4) is 0 Å². The molecule has 8 heteroatoms. The molecule has 2 aliphatic rings. The van der Waals surface area contributed by atoms with Gasteiger partial charge in [-0.1, -0.05) is 30.5 Å². The van der Waals surface area contributed by atoms with Crippen LogP contribution in [0.15, 0.2) is 22.0 Å². The molecular formula is C20H26N4O3S. The first kappa shape index (κ1) is 19.1. The highest BCUT2D eigenvalue weighted by Gasteiger charge is 2.41. The van der Waals surface area contributed by atoms with Crippen LogP contribution in [0.4, 0.5) is 0 Å². The normalized spacial score (nSPS) is 22.0. The Bertz CT molecular complexity index is 826. The van der Waals surface area contributed by atoms with Gasteiger partial charge in [0.15, 0.2) is 5.82 Å². The average Bonchev–Trinajstić information content (AvgIpc) is 3.40. The SMILES string of the molecule is Cc1nc(C2(NC(=O)[C@@H]3CCCN(C(=O)c4cccs4)C3)CCCCC2)no1. The molecular weight excluding hydrogens is 376 g/mol. The van der Waals surface area contributed by atoms with Crippen molar-refractivity contribution in [1.82, 2.24) is 20.4 Å². The van der Waals surface area contributed by atoms with Gasteiger partial charge in [0.1, 0.15) is 5.54 Å². The third-order valence-electron chi connectivity index (χ3n) is 5.84. The molecule has 0 unspecified atom stereocenters. The molecule has 2 aromatic heterocycles. The number of carbonyl (C=O) groups excluding carboxylic acids is 2. The van der Waals surface area contributed by atoms with Crippen LogP contribution < -0.4 is 5.32 Å². The Labute approximate surface area is 168 Å². The molecule has 0 spiro atoms. The molecule has 0 radical (unpaired) electrons. The van der Waals surface area contributed by atoms with Crippen LogP contribution in [0.25, 0.3) is 0 Å². The molecule has 1 N–H and O–H groups in total. The Morgan fingerprint density at radius 1 is 1.29 bits per heavy atom. The Balaban J connectivity index is 1.47. The van der Waals surface area contributed by atoms with Crippen LogP contribution in [-0.2, 0) is 10.3 Å². The lowest BCUT2D eigenvalue weighted by atomic mass is 9.80. The second kappa shape index (κ2) is 8.03. The third-order valence-corrected chi connectivity index (χ3v) is 6.69. The first-order valence-corrected chi connectivity index (χ1v) is 10.9. The predicted octanol–water partition coefficient (Wildman–Crippen LogP) is 3.27. The van der Waals surface area contributed by atoms with Crippen LogP contribution in [0.5, 0.6) is 0 Å². The maximum atomic E-state index is 13.2. The molecule has 1 atom stereocenters. The summed E-state index contributed by atoms with van der Waals surface area (Å²) >= 11 is 1.44. The van der Waals surface area contributed by atoms with E-state index in [9.17, 15) is 9.59 Å². The number of likely N-dealkylation sites (tertiary alicyclic amines) is 1. The number of hydrogen-bond donors (Lipinski definition) is 1. The molecule has 2 fully saturated rings. The summed E-state index contributed by atoms with van der Waals surface area (Å²) in [5.74, 6) is 0.908. The van der Waals surface area contributed by atoms with Crippen molar-refractivity contribution in [2.75, 3.05) is 13.1 Å². The van der Waals surface area contributed by atoms with Gasteiger partial charge < -0.3 is 14.7 Å². The van der Waals surface area contributed by atoms with Crippen LogP contribution in [-0.4, -0.2) is 39.9 Å². The first-order chi connectivity index (χ1) is 13.6. The summed E-state index contributed by atoms with van der Waals surface area (Å²) in [6.45, 7) is 2.93. The minimum atomic E-state index is -0.548. The third kappa shape index (κ3) is 3.83. The highest BCUT2D eigenvalue weighted by molar-refractivity contribution is 7.12. The van der Waals surface area contributed by atoms with Gasteiger partial charge in [-0.15, -0.1) is 11.3 Å². The van der Waals surface area contributed by atoms with E-state index in [0.29, 0.717) is 24.8 Å². The average molecular weight is 403 g/mol. The quantitative estimate of drug-likeness (QED) is 0.848. The number of rotatable bonds is 4. The molecule has 4 rings (SSSR count). The first-order valence-electron chi connectivity index (χ1n) is 10.0. The molecule has 0 aromatic carbocycles. The molecule has 3 heterocycles. The predicted molar refractivity (Wildman–Crippen MR) is 105 cm³/mol. The smallest absolute Gasteiger partial charge is 0.263 e. The van der Waals surface area contributed by atoms with Gasteiger partial charge in [-0.2, -0.15) is 4.98 Å². The summed E-state index contributed by atoms with van der Waals surface area (Å²) in [4.78, 5) is 32.8. The van der Waals surface area contributed by atoms with Gasteiger partial charge in [-0.25, -0.2) is 0 Å². The van der Waals surface area contributed by atoms with E-state index < -0.39 is 5.54 Å². The van der Waals surface area contributed by atoms with Crippen molar-refractivity contribution < 1.29 is 14.1 Å². The van der Waals surface area contributed by atoms with Crippen LogP contribution in [0.1, 0.15) is 66.3 Å². The highest BCUT2D eigenvalue weighted by Crippen LogP contribution is 2.36. The van der Waals surface area contributed by atoms with Gasteiger partial charge in [0.05, 0.1) is 10.8 Å². The van der Waals surface area contributed by atoms with E-state index >= 15 is 0 Å². The number of nitrogens with zero attached hydrogens (tertiary/aromatic N) is 3. The standard InChI is InChI=1S/C20H26N4O3S/c1-14-21-19(23-27-14)20(9-3-2-4-10-20)22-17(25)15-7-5-11-24(13-15)18(26)16-8-6-12-28-16/h6,8,12,15H,2-5,7,9-11,13H2,1H3,(H,22,25)/t15-/m1/s1. The lowest BCUT2D eigenvalue weighted by Gasteiger charge is -2.38. The zero-order valence-electron chi connectivity index (χ0n) is 16.1. The number of amides is 2. The van der Waals surface area contributed by atoms with E-state index in [1.165, 1.54) is 11.3 Å². The van der Waals surface area contributed by atoms with Crippen molar-refractivity contribution in [3.8, 4) is 0 Å². The molecule has 150 valence electrons. The number of aryl methyl sites for hydroxylation is 1. The van der Waals surface area contributed by atoms with Crippen molar-refractivity contribution in [1.29, 1.82) is 0 Å². The van der Waals surface area contributed by atoms with Crippen LogP contribution in [0, 0.1) is 12.8 Å². The van der Waals surface area contributed by atoms with Crippen LogP contribution >= 0.6 is 11.3 Å². The molecule has 1 saturated heterocycles. The molecule has 1 aliphatic carbocycles. The summed E-state index contributed by atoms with van der Waals surface area (Å²) in [5, 5.41) is 9.29. The summed E-state index contributed by atoms with van der Waals surface area (Å²) in [6, 6.07) is 3.72.